The number of nitrogens with zero attached hydrogens (tertiary/aromatic N) is 1. The van der Waals surface area contributed by atoms with Crippen molar-refractivity contribution in [3.63, 3.8) is 0 Å². The molecule has 0 unspecified atom stereocenters. The number of rotatable bonds is 7. The molecule has 0 saturated heterocycles. The molecule has 3 nitrogen and oxygen atoms in total. The Bertz CT molecular complexity index is 294. The Hall–Kier alpha value is -0.800. The monoisotopic (exact) mass is 224 g/mol. The van der Waals surface area contributed by atoms with Crippen LogP contribution in [0.3, 0.4) is 0 Å². The topological polar surface area (TPSA) is 28.4 Å². The van der Waals surface area contributed by atoms with Crippen molar-refractivity contribution in [3.8, 4) is 0 Å². The van der Waals surface area contributed by atoms with E-state index in [0.717, 1.165) is 25.4 Å². The minimum Gasteiger partial charge on any atom is -0.468 e. The van der Waals surface area contributed by atoms with Gasteiger partial charge in [0.2, 0.25) is 0 Å². The molecular weight excluding hydrogens is 200 g/mol. The molecule has 1 N–H and O–H groups in total. The summed E-state index contributed by atoms with van der Waals surface area (Å²) in [5.41, 5.74) is 1.30. The molecular formula is C13H24N2O. The minimum atomic E-state index is 0.492. The average Bonchev–Trinajstić information content (AvgIpc) is 2.62. The van der Waals surface area contributed by atoms with Gasteiger partial charge in [0.15, 0.2) is 0 Å². The van der Waals surface area contributed by atoms with Crippen molar-refractivity contribution in [2.45, 2.75) is 46.3 Å². The Kier molecular flexibility index (Phi) is 5.56. The van der Waals surface area contributed by atoms with Crippen LogP contribution in [0.5, 0.6) is 0 Å². The summed E-state index contributed by atoms with van der Waals surface area (Å²) < 4.78 is 5.50. The molecule has 0 bridgehead atoms. The number of hydrogen-bond acceptors (Lipinski definition) is 3. The molecule has 0 fully saturated rings. The van der Waals surface area contributed by atoms with Gasteiger partial charge in [-0.1, -0.05) is 20.8 Å². The highest BCUT2D eigenvalue weighted by atomic mass is 16.3. The standard InChI is InChI=1S/C13H24N2O/c1-5-7-15(4)10-12-6-8-16-13(12)9-14-11(2)3/h6,8,11,14H,5,7,9-10H2,1-4H3. The van der Waals surface area contributed by atoms with Crippen LogP contribution in [0.4, 0.5) is 0 Å². The van der Waals surface area contributed by atoms with Crippen LogP contribution in [0.25, 0.3) is 0 Å². The zero-order valence-electron chi connectivity index (χ0n) is 10.9. The molecule has 0 amide bonds. The first kappa shape index (κ1) is 13.3. The van der Waals surface area contributed by atoms with Gasteiger partial charge in [-0.15, -0.1) is 0 Å². The molecule has 0 aliphatic heterocycles. The molecule has 0 saturated carbocycles. The van der Waals surface area contributed by atoms with Gasteiger partial charge in [0, 0.05) is 18.2 Å². The van der Waals surface area contributed by atoms with Gasteiger partial charge in [-0.3, -0.25) is 0 Å². The predicted molar refractivity (Wildman–Crippen MR) is 67.3 cm³/mol. The molecule has 0 atom stereocenters. The maximum Gasteiger partial charge on any atom is 0.122 e. The maximum atomic E-state index is 5.50. The van der Waals surface area contributed by atoms with Crippen molar-refractivity contribution in [3.05, 3.63) is 23.7 Å². The average molecular weight is 224 g/mol. The summed E-state index contributed by atoms with van der Waals surface area (Å²) in [4.78, 5) is 2.32. The van der Waals surface area contributed by atoms with E-state index in [1.807, 2.05) is 0 Å². The van der Waals surface area contributed by atoms with Crippen molar-refractivity contribution in [2.75, 3.05) is 13.6 Å². The van der Waals surface area contributed by atoms with Crippen molar-refractivity contribution in [1.82, 2.24) is 10.2 Å². The summed E-state index contributed by atoms with van der Waals surface area (Å²) in [5.74, 6) is 1.07. The van der Waals surface area contributed by atoms with Crippen LogP contribution in [0.1, 0.15) is 38.5 Å². The summed E-state index contributed by atoms with van der Waals surface area (Å²) in [6.45, 7) is 9.41. The van der Waals surface area contributed by atoms with Gasteiger partial charge >= 0.3 is 0 Å². The third kappa shape index (κ3) is 4.37. The van der Waals surface area contributed by atoms with Gasteiger partial charge in [0.1, 0.15) is 5.76 Å². The van der Waals surface area contributed by atoms with Crippen molar-refractivity contribution >= 4 is 0 Å². The lowest BCUT2D eigenvalue weighted by Crippen LogP contribution is -2.23. The molecule has 0 aliphatic carbocycles. The summed E-state index contributed by atoms with van der Waals surface area (Å²) in [5, 5.41) is 3.38. The summed E-state index contributed by atoms with van der Waals surface area (Å²) in [6.07, 6.45) is 2.97. The third-order valence-corrected chi connectivity index (χ3v) is 2.55. The van der Waals surface area contributed by atoms with E-state index in [1.165, 1.54) is 12.0 Å². The fraction of sp³-hybridized carbons (Fsp3) is 0.692. The fourth-order valence-electron chi connectivity index (χ4n) is 1.71. The lowest BCUT2D eigenvalue weighted by Gasteiger charge is -2.15. The van der Waals surface area contributed by atoms with Crippen molar-refractivity contribution < 1.29 is 4.42 Å². The molecule has 1 rings (SSSR count). The van der Waals surface area contributed by atoms with Gasteiger partial charge in [0.25, 0.3) is 0 Å². The van der Waals surface area contributed by atoms with Gasteiger partial charge in [0.05, 0.1) is 12.8 Å². The number of hydrogen-bond donors (Lipinski definition) is 1. The van der Waals surface area contributed by atoms with Crippen LogP contribution < -0.4 is 5.32 Å². The van der Waals surface area contributed by atoms with Crippen LogP contribution >= 0.6 is 0 Å². The highest BCUT2D eigenvalue weighted by Crippen LogP contribution is 2.12. The van der Waals surface area contributed by atoms with E-state index >= 15 is 0 Å². The number of furan rings is 1. The van der Waals surface area contributed by atoms with Crippen molar-refractivity contribution in [2.24, 2.45) is 0 Å². The van der Waals surface area contributed by atoms with Crippen LogP contribution in [0.15, 0.2) is 16.7 Å². The summed E-state index contributed by atoms with van der Waals surface area (Å²) in [7, 11) is 2.15. The molecule has 1 aromatic rings. The highest BCUT2D eigenvalue weighted by Gasteiger charge is 2.08. The van der Waals surface area contributed by atoms with Crippen LogP contribution in [-0.2, 0) is 13.1 Å². The molecule has 0 aliphatic rings. The maximum absolute atomic E-state index is 5.50. The lowest BCUT2D eigenvalue weighted by atomic mass is 10.2. The normalized spacial score (nSPS) is 11.6. The molecule has 1 heterocycles. The fourth-order valence-corrected chi connectivity index (χ4v) is 1.71. The first-order chi connectivity index (χ1) is 7.63. The minimum absolute atomic E-state index is 0.492. The van der Waals surface area contributed by atoms with Gasteiger partial charge in [-0.2, -0.15) is 0 Å². The van der Waals surface area contributed by atoms with E-state index in [0.29, 0.717) is 6.04 Å². The second-order valence-electron chi connectivity index (χ2n) is 4.64. The Morgan fingerprint density at radius 3 is 2.81 bits per heavy atom. The zero-order chi connectivity index (χ0) is 12.0. The van der Waals surface area contributed by atoms with Crippen LogP contribution in [0, 0.1) is 0 Å². The SMILES string of the molecule is CCCN(C)Cc1ccoc1CNC(C)C. The quantitative estimate of drug-likeness (QED) is 0.771. The van der Waals surface area contributed by atoms with E-state index in [9.17, 15) is 0 Å². The highest BCUT2D eigenvalue weighted by molar-refractivity contribution is 5.16. The van der Waals surface area contributed by atoms with E-state index in [-0.39, 0.29) is 0 Å². The van der Waals surface area contributed by atoms with Crippen molar-refractivity contribution in [1.29, 1.82) is 0 Å². The molecule has 92 valence electrons. The Balaban J connectivity index is 2.49. The molecule has 1 aromatic heterocycles. The zero-order valence-corrected chi connectivity index (χ0v) is 10.9. The molecule has 0 radical (unpaired) electrons. The molecule has 16 heavy (non-hydrogen) atoms. The molecule has 3 heteroatoms. The van der Waals surface area contributed by atoms with Crippen LogP contribution in [-0.4, -0.2) is 24.5 Å². The smallest absolute Gasteiger partial charge is 0.122 e. The van der Waals surface area contributed by atoms with E-state index < -0.39 is 0 Å². The van der Waals surface area contributed by atoms with Gasteiger partial charge < -0.3 is 14.6 Å². The predicted octanol–water partition coefficient (Wildman–Crippen LogP) is 2.62. The molecule has 0 spiro atoms. The van der Waals surface area contributed by atoms with Gasteiger partial charge in [-0.05, 0) is 26.1 Å². The Labute approximate surface area is 98.8 Å². The first-order valence-corrected chi connectivity index (χ1v) is 6.10. The second-order valence-corrected chi connectivity index (χ2v) is 4.64. The van der Waals surface area contributed by atoms with E-state index in [4.69, 9.17) is 4.42 Å². The summed E-state index contributed by atoms with van der Waals surface area (Å²) >= 11 is 0. The summed E-state index contributed by atoms with van der Waals surface area (Å²) in [6, 6.07) is 2.56. The first-order valence-electron chi connectivity index (χ1n) is 6.10. The Morgan fingerprint density at radius 1 is 1.44 bits per heavy atom. The lowest BCUT2D eigenvalue weighted by molar-refractivity contribution is 0.322. The second kappa shape index (κ2) is 6.71. The Morgan fingerprint density at radius 2 is 2.19 bits per heavy atom. The van der Waals surface area contributed by atoms with E-state index in [1.54, 1.807) is 6.26 Å². The number of nitrogens with one attached hydrogen (secondary N) is 1. The van der Waals surface area contributed by atoms with Gasteiger partial charge in [-0.25, -0.2) is 0 Å². The third-order valence-electron chi connectivity index (χ3n) is 2.55. The van der Waals surface area contributed by atoms with E-state index in [2.05, 4.69) is 44.1 Å². The van der Waals surface area contributed by atoms with Crippen LogP contribution in [0.2, 0.25) is 0 Å². The molecule has 0 aromatic carbocycles. The largest absolute Gasteiger partial charge is 0.468 e.